The Morgan fingerprint density at radius 2 is 2.28 bits per heavy atom. The molecule has 3 rings (SSSR count). The lowest BCUT2D eigenvalue weighted by molar-refractivity contribution is 0.481. The van der Waals surface area contributed by atoms with E-state index in [1.165, 1.54) is 5.56 Å². The molecule has 4 heteroatoms. The Labute approximate surface area is 119 Å². The SMILES string of the molecule is CN1C[C@@H](CCl)c2c1cc(O)c1cccc(Br)c21. The van der Waals surface area contributed by atoms with Crippen LogP contribution in [-0.4, -0.2) is 24.6 Å². The number of fused-ring (bicyclic) bond motifs is 3. The number of phenols is 1. The quantitative estimate of drug-likeness (QED) is 0.798. The number of halogens is 2. The van der Waals surface area contributed by atoms with Crippen molar-refractivity contribution < 1.29 is 5.11 Å². The maximum absolute atomic E-state index is 10.2. The fourth-order valence-corrected chi connectivity index (χ4v) is 3.63. The Hall–Kier alpha value is -0.930. The van der Waals surface area contributed by atoms with E-state index < -0.39 is 0 Å². The van der Waals surface area contributed by atoms with Crippen molar-refractivity contribution in [3.05, 3.63) is 34.3 Å². The maximum atomic E-state index is 10.2. The predicted molar refractivity (Wildman–Crippen MR) is 80.0 cm³/mol. The largest absolute Gasteiger partial charge is 0.507 e. The van der Waals surface area contributed by atoms with Crippen molar-refractivity contribution >= 4 is 44.0 Å². The van der Waals surface area contributed by atoms with Crippen LogP contribution < -0.4 is 4.90 Å². The van der Waals surface area contributed by atoms with Gasteiger partial charge in [0.15, 0.2) is 0 Å². The third-order valence-corrected chi connectivity index (χ3v) is 4.64. The Morgan fingerprint density at radius 1 is 1.50 bits per heavy atom. The number of phenolic OH excluding ortho intramolecular Hbond substituents is 1. The van der Waals surface area contributed by atoms with E-state index in [4.69, 9.17) is 11.6 Å². The number of rotatable bonds is 1. The minimum absolute atomic E-state index is 0.313. The van der Waals surface area contributed by atoms with E-state index in [1.54, 1.807) is 0 Å². The maximum Gasteiger partial charge on any atom is 0.125 e. The van der Waals surface area contributed by atoms with Crippen LogP contribution in [0.4, 0.5) is 5.69 Å². The van der Waals surface area contributed by atoms with Gasteiger partial charge in [-0.3, -0.25) is 0 Å². The summed E-state index contributed by atoms with van der Waals surface area (Å²) in [5.41, 5.74) is 2.32. The molecule has 0 saturated heterocycles. The number of likely N-dealkylation sites (N-methyl/N-ethyl adjacent to an activating group) is 1. The molecular weight excluding hydrogens is 314 g/mol. The fourth-order valence-electron chi connectivity index (χ4n) is 2.80. The Kier molecular flexibility index (Phi) is 2.91. The first-order valence-corrected chi connectivity index (χ1v) is 7.17. The van der Waals surface area contributed by atoms with Gasteiger partial charge in [0.25, 0.3) is 0 Å². The Morgan fingerprint density at radius 3 is 3.00 bits per heavy atom. The summed E-state index contributed by atoms with van der Waals surface area (Å²) in [7, 11) is 2.04. The van der Waals surface area contributed by atoms with Gasteiger partial charge < -0.3 is 10.0 Å². The van der Waals surface area contributed by atoms with Crippen molar-refractivity contribution in [3.8, 4) is 5.75 Å². The van der Waals surface area contributed by atoms with E-state index in [2.05, 4.69) is 20.8 Å². The third-order valence-electron chi connectivity index (χ3n) is 3.61. The number of hydrogen-bond acceptors (Lipinski definition) is 2. The molecule has 1 N–H and O–H groups in total. The Balaban J connectivity index is 2.44. The topological polar surface area (TPSA) is 23.5 Å². The fraction of sp³-hybridized carbons (Fsp3) is 0.286. The van der Waals surface area contributed by atoms with Gasteiger partial charge in [-0.1, -0.05) is 28.1 Å². The number of anilines is 1. The van der Waals surface area contributed by atoms with Gasteiger partial charge in [-0.05, 0) is 11.6 Å². The second kappa shape index (κ2) is 4.32. The van der Waals surface area contributed by atoms with Crippen molar-refractivity contribution in [2.45, 2.75) is 5.92 Å². The summed E-state index contributed by atoms with van der Waals surface area (Å²) in [5.74, 6) is 1.24. The highest BCUT2D eigenvalue weighted by atomic mass is 79.9. The lowest BCUT2D eigenvalue weighted by atomic mass is 9.95. The summed E-state index contributed by atoms with van der Waals surface area (Å²) >= 11 is 9.68. The molecule has 0 fully saturated rings. The molecule has 2 aromatic rings. The molecule has 0 unspecified atom stereocenters. The molecular formula is C14H13BrClNO. The van der Waals surface area contributed by atoms with Crippen molar-refractivity contribution in [1.82, 2.24) is 0 Å². The molecule has 94 valence electrons. The van der Waals surface area contributed by atoms with Crippen molar-refractivity contribution in [2.75, 3.05) is 24.4 Å². The molecule has 2 aromatic carbocycles. The molecule has 0 aliphatic carbocycles. The van der Waals surface area contributed by atoms with Crippen LogP contribution in [-0.2, 0) is 0 Å². The third kappa shape index (κ3) is 1.61. The van der Waals surface area contributed by atoms with Crippen LogP contribution in [0.2, 0.25) is 0 Å². The predicted octanol–water partition coefficient (Wildman–Crippen LogP) is 4.08. The summed E-state index contributed by atoms with van der Waals surface area (Å²) in [5, 5.41) is 12.1. The summed E-state index contributed by atoms with van der Waals surface area (Å²) < 4.78 is 1.01. The number of hydrogen-bond donors (Lipinski definition) is 1. The number of benzene rings is 2. The monoisotopic (exact) mass is 325 g/mol. The number of aromatic hydroxyl groups is 1. The van der Waals surface area contributed by atoms with E-state index in [0.29, 0.717) is 17.5 Å². The Bertz CT molecular complexity index is 629. The van der Waals surface area contributed by atoms with E-state index in [9.17, 15) is 5.11 Å². The van der Waals surface area contributed by atoms with Gasteiger partial charge in [0.1, 0.15) is 5.75 Å². The molecule has 1 atom stereocenters. The van der Waals surface area contributed by atoms with Crippen LogP contribution in [0.15, 0.2) is 28.7 Å². The molecule has 0 radical (unpaired) electrons. The molecule has 0 aromatic heterocycles. The highest BCUT2D eigenvalue weighted by Crippen LogP contribution is 2.46. The molecule has 0 bridgehead atoms. The van der Waals surface area contributed by atoms with Gasteiger partial charge in [0.2, 0.25) is 0 Å². The van der Waals surface area contributed by atoms with Crippen LogP contribution in [0.25, 0.3) is 10.8 Å². The number of alkyl halides is 1. The minimum atomic E-state index is 0.313. The van der Waals surface area contributed by atoms with Crippen molar-refractivity contribution in [1.29, 1.82) is 0 Å². The van der Waals surface area contributed by atoms with Gasteiger partial charge in [-0.25, -0.2) is 0 Å². The zero-order valence-corrected chi connectivity index (χ0v) is 12.3. The van der Waals surface area contributed by atoms with Crippen LogP contribution >= 0.6 is 27.5 Å². The standard InChI is InChI=1S/C14H13BrClNO/c1-17-7-8(6-16)13-11(17)5-12(18)9-3-2-4-10(15)14(9)13/h2-5,8,18H,6-7H2,1H3/t8-/m1/s1. The molecule has 0 amide bonds. The summed E-state index contributed by atoms with van der Waals surface area (Å²) in [6.45, 7) is 0.902. The molecule has 18 heavy (non-hydrogen) atoms. The van der Waals surface area contributed by atoms with Gasteiger partial charge >= 0.3 is 0 Å². The molecule has 2 nitrogen and oxygen atoms in total. The first kappa shape index (κ1) is 12.1. The summed E-state index contributed by atoms with van der Waals surface area (Å²) in [4.78, 5) is 2.15. The van der Waals surface area contributed by atoms with Crippen LogP contribution in [0, 0.1) is 0 Å². The second-order valence-electron chi connectivity index (χ2n) is 4.72. The second-order valence-corrected chi connectivity index (χ2v) is 5.89. The van der Waals surface area contributed by atoms with E-state index in [0.717, 1.165) is 27.5 Å². The average molecular weight is 327 g/mol. The highest BCUT2D eigenvalue weighted by Gasteiger charge is 2.29. The van der Waals surface area contributed by atoms with Crippen molar-refractivity contribution in [2.24, 2.45) is 0 Å². The van der Waals surface area contributed by atoms with Crippen LogP contribution in [0.5, 0.6) is 5.75 Å². The smallest absolute Gasteiger partial charge is 0.125 e. The van der Waals surface area contributed by atoms with E-state index in [1.807, 2.05) is 31.3 Å². The highest BCUT2D eigenvalue weighted by molar-refractivity contribution is 9.10. The van der Waals surface area contributed by atoms with Gasteiger partial charge in [0.05, 0.1) is 0 Å². The van der Waals surface area contributed by atoms with E-state index >= 15 is 0 Å². The first-order valence-electron chi connectivity index (χ1n) is 5.84. The number of nitrogens with zero attached hydrogens (tertiary/aromatic N) is 1. The zero-order chi connectivity index (χ0) is 12.9. The van der Waals surface area contributed by atoms with Crippen LogP contribution in [0.1, 0.15) is 11.5 Å². The zero-order valence-electron chi connectivity index (χ0n) is 9.95. The lowest BCUT2D eigenvalue weighted by Crippen LogP contribution is -2.15. The summed E-state index contributed by atoms with van der Waals surface area (Å²) in [6, 6.07) is 7.73. The lowest BCUT2D eigenvalue weighted by Gasteiger charge is -2.14. The van der Waals surface area contributed by atoms with Crippen LogP contribution in [0.3, 0.4) is 0 Å². The first-order chi connectivity index (χ1) is 8.63. The molecule has 0 saturated carbocycles. The van der Waals surface area contributed by atoms with Crippen molar-refractivity contribution in [3.63, 3.8) is 0 Å². The molecule has 1 aliphatic heterocycles. The average Bonchev–Trinajstić information content (AvgIpc) is 2.67. The van der Waals surface area contributed by atoms with Gasteiger partial charge in [-0.15, -0.1) is 11.6 Å². The molecule has 1 heterocycles. The normalized spacial score (nSPS) is 18.4. The van der Waals surface area contributed by atoms with E-state index in [-0.39, 0.29) is 0 Å². The minimum Gasteiger partial charge on any atom is -0.507 e. The summed E-state index contributed by atoms with van der Waals surface area (Å²) in [6.07, 6.45) is 0. The van der Waals surface area contributed by atoms with Gasteiger partial charge in [-0.2, -0.15) is 0 Å². The molecule has 0 spiro atoms. The molecule has 1 aliphatic rings. The van der Waals surface area contributed by atoms with Gasteiger partial charge in [0, 0.05) is 52.4 Å².